The predicted octanol–water partition coefficient (Wildman–Crippen LogP) is 6.86. The highest BCUT2D eigenvalue weighted by Crippen LogP contribution is 2.33. The molecule has 1 heterocycles. The lowest BCUT2D eigenvalue weighted by atomic mass is 10.1. The zero-order valence-corrected chi connectivity index (χ0v) is 21.6. The van der Waals surface area contributed by atoms with Crippen LogP contribution >= 0.6 is 0 Å². The molecule has 0 N–H and O–H groups in total. The Morgan fingerprint density at radius 2 is 1.73 bits per heavy atom. The van der Waals surface area contributed by atoms with Crippen molar-refractivity contribution in [3.8, 4) is 22.9 Å². The Bertz CT molecular complexity index is 1780. The van der Waals surface area contributed by atoms with Crippen LogP contribution in [0.25, 0.3) is 22.3 Å². The molecular weight excluding hydrogens is 519 g/mol. The van der Waals surface area contributed by atoms with Crippen LogP contribution in [0.5, 0.6) is 11.5 Å². The third kappa shape index (κ3) is 5.58. The molecule has 1 aromatic heterocycles. The molecule has 0 fully saturated rings. The van der Waals surface area contributed by atoms with E-state index in [4.69, 9.17) is 9.47 Å². The molecule has 9 heteroatoms. The summed E-state index contributed by atoms with van der Waals surface area (Å²) in [6, 6.07) is 24.3. The number of fused-ring (bicyclic) bond motifs is 1. The van der Waals surface area contributed by atoms with E-state index in [2.05, 4.69) is 10.1 Å². The molecule has 0 saturated carbocycles. The molecule has 0 saturated heterocycles. The summed E-state index contributed by atoms with van der Waals surface area (Å²) < 4.78 is 53.0. The molecule has 0 aliphatic heterocycles. The maximum atomic E-state index is 13.5. The second kappa shape index (κ2) is 11.1. The molecule has 0 amide bonds. The number of para-hydroxylation sites is 2. The van der Waals surface area contributed by atoms with Gasteiger partial charge in [0.05, 0.1) is 29.8 Å². The maximum absolute atomic E-state index is 13.5. The van der Waals surface area contributed by atoms with Crippen LogP contribution < -0.4 is 15.0 Å². The number of hydrogen-bond donors (Lipinski definition) is 0. The van der Waals surface area contributed by atoms with Crippen LogP contribution in [0.3, 0.4) is 0 Å². The summed E-state index contributed by atoms with van der Waals surface area (Å²) >= 11 is 0. The molecule has 0 aliphatic carbocycles. The first-order valence-corrected chi connectivity index (χ1v) is 12.3. The van der Waals surface area contributed by atoms with Crippen molar-refractivity contribution < 1.29 is 22.6 Å². The van der Waals surface area contributed by atoms with Crippen LogP contribution in [0.4, 0.5) is 13.2 Å². The standard InChI is InChI=1S/C31H24F3N3O3/c1-20-8-5-9-21(16-20)19-40-28-23(11-7-15-27(28)39-2)18-35-37-29(22-10-6-12-24(17-22)31(32,33)34)36-26-14-4-3-13-25(26)30(37)38/h3-18H,19H2,1-2H3. The van der Waals surface area contributed by atoms with Crippen LogP contribution in [0.15, 0.2) is 101 Å². The normalized spacial score (nSPS) is 11.7. The van der Waals surface area contributed by atoms with Crippen molar-refractivity contribution in [3.63, 3.8) is 0 Å². The van der Waals surface area contributed by atoms with E-state index in [0.29, 0.717) is 22.6 Å². The average molecular weight is 544 g/mol. The lowest BCUT2D eigenvalue weighted by Gasteiger charge is -2.14. The van der Waals surface area contributed by atoms with Gasteiger partial charge in [0.1, 0.15) is 6.61 Å². The number of rotatable bonds is 7. The summed E-state index contributed by atoms with van der Waals surface area (Å²) in [5, 5.41) is 4.67. The number of ether oxygens (including phenoxy) is 2. The second-order valence-corrected chi connectivity index (χ2v) is 9.05. The van der Waals surface area contributed by atoms with Gasteiger partial charge in [0, 0.05) is 11.1 Å². The largest absolute Gasteiger partial charge is 0.493 e. The summed E-state index contributed by atoms with van der Waals surface area (Å²) in [5.41, 5.74) is 1.60. The maximum Gasteiger partial charge on any atom is 0.416 e. The van der Waals surface area contributed by atoms with Gasteiger partial charge in [0.25, 0.3) is 5.56 Å². The zero-order valence-electron chi connectivity index (χ0n) is 21.6. The number of aromatic nitrogens is 2. The van der Waals surface area contributed by atoms with Gasteiger partial charge in [-0.3, -0.25) is 4.79 Å². The fourth-order valence-electron chi connectivity index (χ4n) is 4.28. The summed E-state index contributed by atoms with van der Waals surface area (Å²) in [4.78, 5) is 18.0. The number of methoxy groups -OCH3 is 1. The Morgan fingerprint density at radius 1 is 0.950 bits per heavy atom. The molecule has 40 heavy (non-hydrogen) atoms. The van der Waals surface area contributed by atoms with Crippen LogP contribution in [-0.4, -0.2) is 23.0 Å². The summed E-state index contributed by atoms with van der Waals surface area (Å²) in [6.07, 6.45) is -3.16. The van der Waals surface area contributed by atoms with E-state index >= 15 is 0 Å². The first-order valence-electron chi connectivity index (χ1n) is 12.3. The topological polar surface area (TPSA) is 65.7 Å². The molecule has 0 radical (unpaired) electrons. The van der Waals surface area contributed by atoms with Gasteiger partial charge in [-0.2, -0.15) is 22.9 Å². The molecule has 5 aromatic rings. The van der Waals surface area contributed by atoms with Crippen molar-refractivity contribution in [1.82, 2.24) is 9.66 Å². The number of alkyl halides is 3. The fourth-order valence-corrected chi connectivity index (χ4v) is 4.28. The average Bonchev–Trinajstić information content (AvgIpc) is 2.95. The predicted molar refractivity (Wildman–Crippen MR) is 148 cm³/mol. The fraction of sp³-hybridized carbons (Fsp3) is 0.129. The monoisotopic (exact) mass is 543 g/mol. The third-order valence-electron chi connectivity index (χ3n) is 6.21. The van der Waals surface area contributed by atoms with Crippen molar-refractivity contribution in [2.24, 2.45) is 5.10 Å². The first kappa shape index (κ1) is 26.7. The quantitative estimate of drug-likeness (QED) is 0.210. The van der Waals surface area contributed by atoms with Crippen molar-refractivity contribution in [2.75, 3.05) is 7.11 Å². The van der Waals surface area contributed by atoms with E-state index in [1.165, 1.54) is 25.5 Å². The third-order valence-corrected chi connectivity index (χ3v) is 6.21. The van der Waals surface area contributed by atoms with Gasteiger partial charge in [0.2, 0.25) is 0 Å². The Morgan fingerprint density at radius 3 is 2.50 bits per heavy atom. The van der Waals surface area contributed by atoms with Crippen molar-refractivity contribution in [3.05, 3.63) is 124 Å². The minimum absolute atomic E-state index is 0.0313. The highest BCUT2D eigenvalue weighted by molar-refractivity contribution is 5.86. The highest BCUT2D eigenvalue weighted by Gasteiger charge is 2.31. The van der Waals surface area contributed by atoms with Crippen LogP contribution in [0.2, 0.25) is 0 Å². The lowest BCUT2D eigenvalue weighted by Crippen LogP contribution is -2.20. The smallest absolute Gasteiger partial charge is 0.416 e. The second-order valence-electron chi connectivity index (χ2n) is 9.05. The first-order chi connectivity index (χ1) is 19.2. The number of aryl methyl sites for hydroxylation is 1. The SMILES string of the molecule is COc1cccc(C=Nn2c(-c3cccc(C(F)(F)F)c3)nc3ccccc3c2=O)c1OCc1cccc(C)c1. The molecule has 5 rings (SSSR count). The van der Waals surface area contributed by atoms with Gasteiger partial charge in [0.15, 0.2) is 17.3 Å². The molecule has 4 aromatic carbocycles. The molecule has 6 nitrogen and oxygen atoms in total. The van der Waals surface area contributed by atoms with E-state index in [1.54, 1.807) is 42.5 Å². The molecule has 0 atom stereocenters. The van der Waals surface area contributed by atoms with E-state index in [0.717, 1.165) is 27.9 Å². The van der Waals surface area contributed by atoms with Gasteiger partial charge >= 0.3 is 6.18 Å². The summed E-state index contributed by atoms with van der Waals surface area (Å²) in [7, 11) is 1.51. The van der Waals surface area contributed by atoms with E-state index in [9.17, 15) is 18.0 Å². The molecule has 0 unspecified atom stereocenters. The van der Waals surface area contributed by atoms with Gasteiger partial charge in [-0.15, -0.1) is 0 Å². The Balaban J connectivity index is 1.61. The summed E-state index contributed by atoms with van der Waals surface area (Å²) in [6.45, 7) is 2.25. The Kier molecular flexibility index (Phi) is 7.37. The van der Waals surface area contributed by atoms with Gasteiger partial charge in [-0.25, -0.2) is 4.98 Å². The molecule has 0 spiro atoms. The number of hydrogen-bond acceptors (Lipinski definition) is 5. The Hall–Kier alpha value is -4.92. The zero-order chi connectivity index (χ0) is 28.3. The Labute approximate surface area is 228 Å². The molecule has 202 valence electrons. The van der Waals surface area contributed by atoms with Gasteiger partial charge < -0.3 is 9.47 Å². The molecule has 0 aliphatic rings. The number of nitrogens with zero attached hydrogens (tertiary/aromatic N) is 3. The van der Waals surface area contributed by atoms with Gasteiger partial charge in [-0.1, -0.05) is 60.2 Å². The van der Waals surface area contributed by atoms with Crippen LogP contribution in [0, 0.1) is 6.92 Å². The van der Waals surface area contributed by atoms with Gasteiger partial charge in [-0.05, 0) is 48.9 Å². The minimum Gasteiger partial charge on any atom is -0.493 e. The lowest BCUT2D eigenvalue weighted by molar-refractivity contribution is -0.137. The van der Waals surface area contributed by atoms with E-state index < -0.39 is 17.3 Å². The van der Waals surface area contributed by atoms with E-state index in [-0.39, 0.29) is 23.4 Å². The van der Waals surface area contributed by atoms with Crippen molar-refractivity contribution >= 4 is 17.1 Å². The number of halogens is 3. The van der Waals surface area contributed by atoms with Crippen molar-refractivity contribution in [1.29, 1.82) is 0 Å². The van der Waals surface area contributed by atoms with Crippen LogP contribution in [-0.2, 0) is 12.8 Å². The highest BCUT2D eigenvalue weighted by atomic mass is 19.4. The van der Waals surface area contributed by atoms with E-state index in [1.807, 2.05) is 31.2 Å². The summed E-state index contributed by atoms with van der Waals surface area (Å²) in [5.74, 6) is 0.826. The van der Waals surface area contributed by atoms with Crippen molar-refractivity contribution in [2.45, 2.75) is 19.7 Å². The minimum atomic E-state index is -4.56. The molecular formula is C31H24F3N3O3. The van der Waals surface area contributed by atoms with Crippen LogP contribution in [0.1, 0.15) is 22.3 Å². The molecule has 0 bridgehead atoms. The number of benzene rings is 4.